The zero-order chi connectivity index (χ0) is 24.5. The number of amides is 2. The molecule has 0 saturated carbocycles. The Morgan fingerprint density at radius 1 is 1.12 bits per heavy atom. The molecule has 0 radical (unpaired) electrons. The monoisotopic (exact) mass is 471 g/mol. The Morgan fingerprint density at radius 3 is 2.53 bits per heavy atom. The number of methoxy groups -OCH3 is 1. The number of pyridine rings is 1. The second kappa shape index (κ2) is 8.93. The van der Waals surface area contributed by atoms with E-state index in [1.807, 2.05) is 11.5 Å². The summed E-state index contributed by atoms with van der Waals surface area (Å²) in [5.41, 5.74) is 1.44. The van der Waals surface area contributed by atoms with E-state index >= 15 is 0 Å². The predicted molar refractivity (Wildman–Crippen MR) is 120 cm³/mol. The van der Waals surface area contributed by atoms with Gasteiger partial charge in [0, 0.05) is 18.4 Å². The first kappa shape index (κ1) is 22.9. The zero-order valence-corrected chi connectivity index (χ0v) is 18.1. The van der Waals surface area contributed by atoms with Gasteiger partial charge in [0.15, 0.2) is 0 Å². The number of nitrogens with zero attached hydrogens (tertiary/aromatic N) is 3. The minimum atomic E-state index is -4.55. The van der Waals surface area contributed by atoms with Crippen molar-refractivity contribution in [2.24, 2.45) is 0 Å². The quantitative estimate of drug-likeness (QED) is 0.373. The molecule has 2 aromatic carbocycles. The fourth-order valence-corrected chi connectivity index (χ4v) is 3.51. The van der Waals surface area contributed by atoms with Gasteiger partial charge < -0.3 is 25.0 Å². The van der Waals surface area contributed by atoms with E-state index in [4.69, 9.17) is 4.74 Å². The number of hydrogen-bond acceptors (Lipinski definition) is 5. The molecule has 0 aliphatic rings. The number of anilines is 2. The number of rotatable bonds is 5. The van der Waals surface area contributed by atoms with E-state index in [-0.39, 0.29) is 17.3 Å². The van der Waals surface area contributed by atoms with Gasteiger partial charge in [-0.15, -0.1) is 0 Å². The highest BCUT2D eigenvalue weighted by Gasteiger charge is 2.31. The second-order valence-corrected chi connectivity index (χ2v) is 7.44. The highest BCUT2D eigenvalue weighted by Crippen LogP contribution is 2.35. The molecule has 0 aliphatic heterocycles. The summed E-state index contributed by atoms with van der Waals surface area (Å²) in [6.07, 6.45) is -3.07. The molecule has 2 aromatic heterocycles. The number of hydrogen-bond donors (Lipinski definition) is 3. The van der Waals surface area contributed by atoms with Gasteiger partial charge >= 0.3 is 12.2 Å². The van der Waals surface area contributed by atoms with E-state index in [1.54, 1.807) is 30.3 Å². The number of aryl methyl sites for hydroxylation is 1. The van der Waals surface area contributed by atoms with Crippen molar-refractivity contribution in [3.63, 3.8) is 0 Å². The van der Waals surface area contributed by atoms with E-state index in [1.165, 1.54) is 13.3 Å². The van der Waals surface area contributed by atoms with Crippen LogP contribution in [0.25, 0.3) is 11.0 Å². The smallest absolute Gasteiger partial charge is 0.416 e. The molecule has 4 aromatic rings. The summed E-state index contributed by atoms with van der Waals surface area (Å²) in [6, 6.07) is 10.7. The fraction of sp³-hybridized carbons (Fsp3) is 0.174. The van der Waals surface area contributed by atoms with Crippen molar-refractivity contribution in [2.75, 3.05) is 17.7 Å². The third-order valence-electron chi connectivity index (χ3n) is 5.15. The minimum absolute atomic E-state index is 0.0965. The van der Waals surface area contributed by atoms with Gasteiger partial charge in [-0.25, -0.2) is 14.8 Å². The molecule has 2 amide bonds. The number of carbonyl (C=O) groups is 1. The molecule has 0 atom stereocenters. The first-order valence-corrected chi connectivity index (χ1v) is 10.1. The number of imidazole rings is 1. The molecular formula is C23H20F3N5O3. The largest absolute Gasteiger partial charge is 0.495 e. The molecule has 4 rings (SSSR count). The molecule has 0 spiro atoms. The minimum Gasteiger partial charge on any atom is -0.495 e. The lowest BCUT2D eigenvalue weighted by Crippen LogP contribution is -2.20. The van der Waals surface area contributed by atoms with Gasteiger partial charge in [0.25, 0.3) is 0 Å². The Balaban J connectivity index is 1.47. The number of ether oxygens (including phenoxy) is 1. The van der Waals surface area contributed by atoms with E-state index < -0.39 is 17.8 Å². The maximum Gasteiger partial charge on any atom is 0.416 e. The molecule has 176 valence electrons. The lowest BCUT2D eigenvalue weighted by Gasteiger charge is -2.14. The molecule has 0 bridgehead atoms. The lowest BCUT2D eigenvalue weighted by atomic mass is 10.1. The van der Waals surface area contributed by atoms with E-state index in [0.717, 1.165) is 23.8 Å². The van der Waals surface area contributed by atoms with Gasteiger partial charge in [0.1, 0.15) is 17.1 Å². The molecule has 3 N–H and O–H groups in total. The van der Waals surface area contributed by atoms with Gasteiger partial charge in [0.05, 0.1) is 23.9 Å². The average molecular weight is 471 g/mol. The number of halogens is 3. The van der Waals surface area contributed by atoms with Crippen LogP contribution < -0.4 is 15.4 Å². The Hall–Kier alpha value is -4.28. The normalized spacial score (nSPS) is 11.4. The van der Waals surface area contributed by atoms with Gasteiger partial charge in [-0.2, -0.15) is 13.2 Å². The van der Waals surface area contributed by atoms with Crippen LogP contribution in [0.15, 0.2) is 54.7 Å². The molecule has 0 saturated heterocycles. The second-order valence-electron chi connectivity index (χ2n) is 7.44. The van der Waals surface area contributed by atoms with E-state index in [9.17, 15) is 23.1 Å². The van der Waals surface area contributed by atoms with Gasteiger partial charge in [-0.1, -0.05) is 12.1 Å². The number of nitrogens with one attached hydrogen (secondary N) is 2. The summed E-state index contributed by atoms with van der Waals surface area (Å²) in [7, 11) is 1.30. The standard InChI is InChI=1S/C23H20F3N5O3/c1-13-28-17-9-10-27-21(32)20(17)31(13)12-14-3-6-16(7-4-14)29-22(33)30-18-11-15(23(24,25)26)5-8-19(18)34-2/h3-11H,12H2,1-2H3,(H,27,32)(H2,29,30,33). The number of fused-ring (bicyclic) bond motifs is 1. The van der Waals surface area contributed by atoms with Crippen LogP contribution in [0.2, 0.25) is 0 Å². The SMILES string of the molecule is COc1ccc(C(F)(F)F)cc1NC(=O)Nc1ccc(Cn2c(C)nc3ccnc(O)c32)cc1. The van der Waals surface area contributed by atoms with Crippen molar-refractivity contribution in [3.05, 3.63) is 71.7 Å². The molecule has 8 nitrogen and oxygen atoms in total. The summed E-state index contributed by atoms with van der Waals surface area (Å²) >= 11 is 0. The third kappa shape index (κ3) is 4.72. The number of aromatic nitrogens is 3. The predicted octanol–water partition coefficient (Wildman–Crippen LogP) is 5.17. The zero-order valence-electron chi connectivity index (χ0n) is 18.1. The maximum atomic E-state index is 13.0. The van der Waals surface area contributed by atoms with Gasteiger partial charge in [-0.3, -0.25) is 0 Å². The van der Waals surface area contributed by atoms with Crippen molar-refractivity contribution in [3.8, 4) is 11.6 Å². The van der Waals surface area contributed by atoms with Crippen LogP contribution >= 0.6 is 0 Å². The molecular weight excluding hydrogens is 451 g/mol. The first-order valence-electron chi connectivity index (χ1n) is 10.1. The van der Waals surface area contributed by atoms with Crippen LogP contribution in [-0.4, -0.2) is 32.8 Å². The van der Waals surface area contributed by atoms with Crippen LogP contribution in [-0.2, 0) is 12.7 Å². The third-order valence-corrected chi connectivity index (χ3v) is 5.15. The van der Waals surface area contributed by atoms with E-state index in [0.29, 0.717) is 29.1 Å². The van der Waals surface area contributed by atoms with Gasteiger partial charge in [0.2, 0.25) is 5.88 Å². The first-order chi connectivity index (χ1) is 16.2. The van der Waals surface area contributed by atoms with Crippen molar-refractivity contribution >= 4 is 28.4 Å². The highest BCUT2D eigenvalue weighted by atomic mass is 19.4. The van der Waals surface area contributed by atoms with Crippen LogP contribution in [0.4, 0.5) is 29.3 Å². The Morgan fingerprint density at radius 2 is 1.85 bits per heavy atom. The number of urea groups is 1. The van der Waals surface area contributed by atoms with Crippen LogP contribution in [0.5, 0.6) is 11.6 Å². The van der Waals surface area contributed by atoms with Crippen LogP contribution in [0.1, 0.15) is 17.0 Å². The topological polar surface area (TPSA) is 101 Å². The van der Waals surface area contributed by atoms with Crippen molar-refractivity contribution < 1.29 is 27.8 Å². The summed E-state index contributed by atoms with van der Waals surface area (Å²) in [5, 5.41) is 15.1. The average Bonchev–Trinajstić information content (AvgIpc) is 3.10. The molecule has 34 heavy (non-hydrogen) atoms. The highest BCUT2D eigenvalue weighted by molar-refractivity contribution is 6.00. The van der Waals surface area contributed by atoms with Crippen molar-refractivity contribution in [1.29, 1.82) is 0 Å². The van der Waals surface area contributed by atoms with Crippen LogP contribution in [0, 0.1) is 6.92 Å². The van der Waals surface area contributed by atoms with Gasteiger partial charge in [-0.05, 0) is 48.9 Å². The number of aromatic hydroxyl groups is 1. The maximum absolute atomic E-state index is 13.0. The molecule has 0 aliphatic carbocycles. The molecule has 11 heteroatoms. The fourth-order valence-electron chi connectivity index (χ4n) is 3.51. The molecule has 0 fully saturated rings. The van der Waals surface area contributed by atoms with Crippen molar-refractivity contribution in [2.45, 2.75) is 19.6 Å². The molecule has 2 heterocycles. The van der Waals surface area contributed by atoms with Crippen LogP contribution in [0.3, 0.4) is 0 Å². The summed E-state index contributed by atoms with van der Waals surface area (Å²) in [6.45, 7) is 2.23. The number of alkyl halides is 3. The summed E-state index contributed by atoms with van der Waals surface area (Å²) < 4.78 is 45.9. The Bertz CT molecular complexity index is 1350. The number of benzene rings is 2. The van der Waals surface area contributed by atoms with E-state index in [2.05, 4.69) is 20.6 Å². The Kier molecular flexibility index (Phi) is 6.01. The Labute approximate surface area is 192 Å². The lowest BCUT2D eigenvalue weighted by molar-refractivity contribution is -0.137. The number of carbonyl (C=O) groups excluding carboxylic acids is 1. The van der Waals surface area contributed by atoms with Crippen molar-refractivity contribution in [1.82, 2.24) is 14.5 Å². The summed E-state index contributed by atoms with van der Waals surface area (Å²) in [5.74, 6) is 0.687. The molecule has 0 unspecified atom stereocenters. The summed E-state index contributed by atoms with van der Waals surface area (Å²) in [4.78, 5) is 20.7.